The molecule has 0 spiro atoms. The van der Waals surface area contributed by atoms with E-state index in [0.717, 1.165) is 32.9 Å². The molecule has 2 aromatic carbocycles. The first-order valence-electron chi connectivity index (χ1n) is 8.33. The van der Waals surface area contributed by atoms with E-state index in [1.807, 2.05) is 50.2 Å². The highest BCUT2D eigenvalue weighted by molar-refractivity contribution is 6.46. The molecule has 0 aliphatic rings. The van der Waals surface area contributed by atoms with Crippen molar-refractivity contribution >= 4 is 46.0 Å². The summed E-state index contributed by atoms with van der Waals surface area (Å²) in [7, 11) is 1.55. The zero-order chi connectivity index (χ0) is 17.8. The van der Waals surface area contributed by atoms with E-state index in [1.54, 1.807) is 21.3 Å². The van der Waals surface area contributed by atoms with Crippen LogP contribution in [0.2, 0.25) is 0 Å². The SMILES string of the molecule is CC(C)(O)C(C)(C)O[B]c1cc2c(ccc3c4ccccc4oc23)o1. The first-order valence-corrected chi connectivity index (χ1v) is 8.33. The molecule has 25 heavy (non-hydrogen) atoms. The van der Waals surface area contributed by atoms with Crippen LogP contribution in [0, 0.1) is 0 Å². The molecule has 1 N–H and O–H groups in total. The maximum Gasteiger partial charge on any atom is 0.376 e. The van der Waals surface area contributed by atoms with Crippen molar-refractivity contribution in [3.63, 3.8) is 0 Å². The molecule has 0 aliphatic carbocycles. The van der Waals surface area contributed by atoms with Crippen molar-refractivity contribution in [3.05, 3.63) is 42.5 Å². The van der Waals surface area contributed by atoms with Crippen molar-refractivity contribution in [2.45, 2.75) is 38.9 Å². The Morgan fingerprint density at radius 3 is 2.36 bits per heavy atom. The lowest BCUT2D eigenvalue weighted by Gasteiger charge is -2.37. The molecule has 4 nitrogen and oxygen atoms in total. The third kappa shape index (κ3) is 2.64. The van der Waals surface area contributed by atoms with Crippen LogP contribution in [0.4, 0.5) is 0 Å². The quantitative estimate of drug-likeness (QED) is 0.570. The second-order valence-corrected chi connectivity index (χ2v) is 7.41. The number of para-hydroxylation sites is 1. The van der Waals surface area contributed by atoms with Crippen LogP contribution in [0.3, 0.4) is 0 Å². The van der Waals surface area contributed by atoms with Crippen molar-refractivity contribution in [2.75, 3.05) is 0 Å². The van der Waals surface area contributed by atoms with Crippen LogP contribution >= 0.6 is 0 Å². The first kappa shape index (κ1) is 16.2. The van der Waals surface area contributed by atoms with Crippen LogP contribution in [0.1, 0.15) is 27.7 Å². The third-order valence-corrected chi connectivity index (χ3v) is 5.00. The van der Waals surface area contributed by atoms with Gasteiger partial charge in [-0.05, 0) is 52.0 Å². The molecule has 0 bridgehead atoms. The third-order valence-electron chi connectivity index (χ3n) is 5.00. The van der Waals surface area contributed by atoms with Gasteiger partial charge < -0.3 is 18.6 Å². The monoisotopic (exact) mass is 335 g/mol. The smallest absolute Gasteiger partial charge is 0.376 e. The fourth-order valence-electron chi connectivity index (χ4n) is 2.72. The van der Waals surface area contributed by atoms with Crippen LogP contribution in [-0.4, -0.2) is 23.8 Å². The largest absolute Gasteiger partial charge is 0.468 e. The summed E-state index contributed by atoms with van der Waals surface area (Å²) in [6.45, 7) is 7.11. The normalized spacial score (nSPS) is 13.2. The van der Waals surface area contributed by atoms with Gasteiger partial charge in [0.2, 0.25) is 0 Å². The minimum atomic E-state index is -0.985. The fraction of sp³-hybridized carbons (Fsp3) is 0.300. The Kier molecular flexibility index (Phi) is 3.50. The van der Waals surface area contributed by atoms with E-state index < -0.39 is 11.2 Å². The molecular formula is C20H20BO4. The fourth-order valence-corrected chi connectivity index (χ4v) is 2.72. The van der Waals surface area contributed by atoms with E-state index in [2.05, 4.69) is 6.07 Å². The van der Waals surface area contributed by atoms with Gasteiger partial charge in [0.05, 0.1) is 22.2 Å². The maximum absolute atomic E-state index is 10.2. The van der Waals surface area contributed by atoms with Gasteiger partial charge in [0.25, 0.3) is 0 Å². The number of hydrogen-bond donors (Lipinski definition) is 1. The van der Waals surface area contributed by atoms with E-state index in [4.69, 9.17) is 13.5 Å². The lowest BCUT2D eigenvalue weighted by Crippen LogP contribution is -2.49. The number of hydrogen-bond acceptors (Lipinski definition) is 4. The summed E-state index contributed by atoms with van der Waals surface area (Å²) < 4.78 is 17.7. The van der Waals surface area contributed by atoms with Gasteiger partial charge >= 0.3 is 7.48 Å². The summed E-state index contributed by atoms with van der Waals surface area (Å²) in [6, 6.07) is 13.8. The van der Waals surface area contributed by atoms with Gasteiger partial charge in [-0.2, -0.15) is 0 Å². The van der Waals surface area contributed by atoms with Gasteiger partial charge in [-0.1, -0.05) is 18.2 Å². The second-order valence-electron chi connectivity index (χ2n) is 7.41. The van der Waals surface area contributed by atoms with Crippen molar-refractivity contribution in [1.29, 1.82) is 0 Å². The molecule has 4 aromatic rings. The molecule has 0 saturated heterocycles. The number of benzene rings is 2. The molecule has 0 amide bonds. The lowest BCUT2D eigenvalue weighted by molar-refractivity contribution is -0.0895. The molecule has 0 atom stereocenters. The minimum Gasteiger partial charge on any atom is -0.468 e. The van der Waals surface area contributed by atoms with E-state index in [0.29, 0.717) is 5.66 Å². The Labute approximate surface area is 146 Å². The Balaban J connectivity index is 1.74. The van der Waals surface area contributed by atoms with Crippen LogP contribution in [-0.2, 0) is 4.65 Å². The number of furan rings is 2. The molecule has 5 heteroatoms. The predicted octanol–water partition coefficient (Wildman–Crippen LogP) is 4.14. The molecule has 127 valence electrons. The highest BCUT2D eigenvalue weighted by atomic mass is 16.5. The second kappa shape index (κ2) is 5.38. The number of aliphatic hydroxyl groups is 1. The Morgan fingerprint density at radius 2 is 1.60 bits per heavy atom. The van der Waals surface area contributed by atoms with E-state index >= 15 is 0 Å². The summed E-state index contributed by atoms with van der Waals surface area (Å²) >= 11 is 0. The molecule has 4 rings (SSSR count). The highest BCUT2D eigenvalue weighted by Gasteiger charge is 2.36. The molecule has 0 aliphatic heterocycles. The van der Waals surface area contributed by atoms with E-state index in [-0.39, 0.29) is 0 Å². The van der Waals surface area contributed by atoms with Gasteiger partial charge in [0.15, 0.2) is 0 Å². The molecule has 2 aromatic heterocycles. The molecule has 0 unspecified atom stereocenters. The molecule has 0 fully saturated rings. The van der Waals surface area contributed by atoms with Gasteiger partial charge in [-0.25, -0.2) is 0 Å². The molecular weight excluding hydrogens is 315 g/mol. The maximum atomic E-state index is 10.2. The van der Waals surface area contributed by atoms with Crippen LogP contribution in [0.5, 0.6) is 0 Å². The lowest BCUT2D eigenvalue weighted by atomic mass is 9.85. The van der Waals surface area contributed by atoms with Crippen molar-refractivity contribution in [1.82, 2.24) is 0 Å². The highest BCUT2D eigenvalue weighted by Crippen LogP contribution is 2.34. The molecule has 0 saturated carbocycles. The standard InChI is InChI=1S/C20H20BO4/c1-19(2,22)20(3,4)25-21-17-11-14-16(23-17)10-9-13-12-7-5-6-8-15(12)24-18(13)14/h5-11,22H,1-4H3. The Hall–Kier alpha value is -2.24. The predicted molar refractivity (Wildman–Crippen MR) is 100 cm³/mol. The average molecular weight is 335 g/mol. The Bertz CT molecular complexity index is 1070. The summed E-state index contributed by atoms with van der Waals surface area (Å²) in [5.41, 5.74) is 1.25. The number of rotatable bonds is 4. The van der Waals surface area contributed by atoms with Gasteiger partial charge in [-0.3, -0.25) is 0 Å². The summed E-state index contributed by atoms with van der Waals surface area (Å²) in [5.74, 6) is 0. The average Bonchev–Trinajstić information content (AvgIpc) is 3.12. The van der Waals surface area contributed by atoms with Crippen molar-refractivity contribution in [3.8, 4) is 0 Å². The first-order chi connectivity index (χ1) is 11.8. The Morgan fingerprint density at radius 1 is 0.880 bits per heavy atom. The molecule has 2 heterocycles. The van der Waals surface area contributed by atoms with Crippen molar-refractivity contribution in [2.24, 2.45) is 0 Å². The van der Waals surface area contributed by atoms with E-state index in [1.165, 1.54) is 0 Å². The zero-order valence-electron chi connectivity index (χ0n) is 14.8. The number of fused-ring (bicyclic) bond motifs is 5. The van der Waals surface area contributed by atoms with Gasteiger partial charge in [0.1, 0.15) is 16.7 Å². The summed E-state index contributed by atoms with van der Waals surface area (Å²) in [5, 5.41) is 13.3. The van der Waals surface area contributed by atoms with Crippen LogP contribution in [0.15, 0.2) is 51.3 Å². The molecule has 1 radical (unpaired) electrons. The summed E-state index contributed by atoms with van der Waals surface area (Å²) in [6.07, 6.45) is 0. The zero-order valence-corrected chi connectivity index (χ0v) is 14.8. The summed E-state index contributed by atoms with van der Waals surface area (Å²) in [4.78, 5) is 0. The van der Waals surface area contributed by atoms with E-state index in [9.17, 15) is 5.11 Å². The minimum absolute atomic E-state index is 0.584. The van der Waals surface area contributed by atoms with Gasteiger partial charge in [0, 0.05) is 10.8 Å². The van der Waals surface area contributed by atoms with Crippen LogP contribution < -0.4 is 5.66 Å². The topological polar surface area (TPSA) is 55.7 Å². The van der Waals surface area contributed by atoms with Crippen molar-refractivity contribution < 1.29 is 18.6 Å². The van der Waals surface area contributed by atoms with Gasteiger partial charge in [-0.15, -0.1) is 0 Å². The van der Waals surface area contributed by atoms with Crippen LogP contribution in [0.25, 0.3) is 32.9 Å².